The van der Waals surface area contributed by atoms with E-state index in [0.29, 0.717) is 0 Å². The predicted molar refractivity (Wildman–Crippen MR) is 67.2 cm³/mol. The number of halogens is 2. The van der Waals surface area contributed by atoms with E-state index in [1.807, 2.05) is 19.2 Å². The van der Waals surface area contributed by atoms with Crippen LogP contribution in [-0.2, 0) is 7.05 Å². The molecule has 1 aromatic heterocycles. The summed E-state index contributed by atoms with van der Waals surface area (Å²) in [6.45, 7) is -2.82. The molecule has 1 heterocycles. The quantitative estimate of drug-likeness (QED) is 0.903. The molecular weight excluding hydrogens is 252 g/mol. The van der Waals surface area contributed by atoms with E-state index in [2.05, 4.69) is 15.2 Å². The van der Waals surface area contributed by atoms with Crippen molar-refractivity contribution >= 4 is 0 Å². The van der Waals surface area contributed by atoms with Crippen LogP contribution < -0.4 is 10.1 Å². The van der Waals surface area contributed by atoms with Gasteiger partial charge in [0.15, 0.2) is 0 Å². The molecule has 0 radical (unpaired) electrons. The maximum Gasteiger partial charge on any atom is 0.387 e. The van der Waals surface area contributed by atoms with Crippen LogP contribution in [0, 0.1) is 0 Å². The fourth-order valence-electron chi connectivity index (χ4n) is 2.02. The Morgan fingerprint density at radius 3 is 2.68 bits per heavy atom. The van der Waals surface area contributed by atoms with Crippen LogP contribution in [0.4, 0.5) is 8.78 Å². The van der Waals surface area contributed by atoms with Gasteiger partial charge in [-0.05, 0) is 30.8 Å². The number of hydrogen-bond acceptors (Lipinski definition) is 3. The lowest BCUT2D eigenvalue weighted by atomic mass is 10.0. The smallest absolute Gasteiger partial charge is 0.387 e. The molecular formula is C13H15F2N3O. The summed E-state index contributed by atoms with van der Waals surface area (Å²) in [6.07, 6.45) is 1.69. The van der Waals surface area contributed by atoms with E-state index in [0.717, 1.165) is 11.3 Å². The van der Waals surface area contributed by atoms with Crippen LogP contribution in [0.2, 0.25) is 0 Å². The molecule has 0 fully saturated rings. The number of aromatic nitrogens is 2. The molecule has 0 amide bonds. The van der Waals surface area contributed by atoms with Crippen molar-refractivity contribution in [3.63, 3.8) is 0 Å². The summed E-state index contributed by atoms with van der Waals surface area (Å²) >= 11 is 0. The number of hydrogen-bond donors (Lipinski definition) is 1. The highest BCUT2D eigenvalue weighted by molar-refractivity contribution is 5.34. The third kappa shape index (κ3) is 3.08. The van der Waals surface area contributed by atoms with Gasteiger partial charge in [-0.3, -0.25) is 4.68 Å². The van der Waals surface area contributed by atoms with E-state index in [-0.39, 0.29) is 11.8 Å². The molecule has 1 aromatic carbocycles. The standard InChI is InChI=1S/C13H15F2N3O/c1-16-12(11-6-7-17-18(11)2)9-4-3-5-10(8-9)19-13(14)15/h3-8,12-13,16H,1-2H3. The van der Waals surface area contributed by atoms with Gasteiger partial charge in [-0.15, -0.1) is 0 Å². The Morgan fingerprint density at radius 1 is 1.32 bits per heavy atom. The van der Waals surface area contributed by atoms with Crippen molar-refractivity contribution in [3.8, 4) is 5.75 Å². The summed E-state index contributed by atoms with van der Waals surface area (Å²) in [5, 5.41) is 7.25. The number of ether oxygens (including phenoxy) is 1. The van der Waals surface area contributed by atoms with Crippen molar-refractivity contribution in [2.75, 3.05) is 7.05 Å². The summed E-state index contributed by atoms with van der Waals surface area (Å²) in [7, 11) is 3.64. The summed E-state index contributed by atoms with van der Waals surface area (Å²) in [6, 6.07) is 8.39. The number of aryl methyl sites for hydroxylation is 1. The number of nitrogens with zero attached hydrogens (tertiary/aromatic N) is 2. The Hall–Kier alpha value is -1.95. The van der Waals surface area contributed by atoms with Gasteiger partial charge in [-0.25, -0.2) is 0 Å². The second-order valence-corrected chi connectivity index (χ2v) is 4.05. The molecule has 6 heteroatoms. The zero-order chi connectivity index (χ0) is 13.8. The molecule has 4 nitrogen and oxygen atoms in total. The van der Waals surface area contributed by atoms with Crippen LogP contribution in [0.15, 0.2) is 36.5 Å². The minimum Gasteiger partial charge on any atom is -0.435 e. The first-order chi connectivity index (χ1) is 9.11. The van der Waals surface area contributed by atoms with Crippen LogP contribution in [0.5, 0.6) is 5.75 Å². The Morgan fingerprint density at radius 2 is 2.11 bits per heavy atom. The Bertz CT molecular complexity index is 542. The van der Waals surface area contributed by atoms with E-state index < -0.39 is 6.61 Å². The van der Waals surface area contributed by atoms with Crippen LogP contribution in [-0.4, -0.2) is 23.4 Å². The van der Waals surface area contributed by atoms with Gasteiger partial charge in [0.25, 0.3) is 0 Å². The molecule has 1 unspecified atom stereocenters. The topological polar surface area (TPSA) is 39.1 Å². The average molecular weight is 267 g/mol. The largest absolute Gasteiger partial charge is 0.435 e. The summed E-state index contributed by atoms with van der Waals surface area (Å²) in [5.41, 5.74) is 1.78. The fraction of sp³-hybridized carbons (Fsp3) is 0.308. The molecule has 1 atom stereocenters. The van der Waals surface area contributed by atoms with Crippen LogP contribution in [0.3, 0.4) is 0 Å². The minimum absolute atomic E-state index is 0.131. The first-order valence-electron chi connectivity index (χ1n) is 5.81. The summed E-state index contributed by atoms with van der Waals surface area (Å²) in [5.74, 6) is 0.148. The third-order valence-corrected chi connectivity index (χ3v) is 2.86. The fourth-order valence-corrected chi connectivity index (χ4v) is 2.02. The number of benzene rings is 1. The maximum atomic E-state index is 12.2. The van der Waals surface area contributed by atoms with Gasteiger partial charge in [0.05, 0.1) is 11.7 Å². The number of nitrogens with one attached hydrogen (secondary N) is 1. The van der Waals surface area contributed by atoms with Crippen LogP contribution in [0.25, 0.3) is 0 Å². The highest BCUT2D eigenvalue weighted by Crippen LogP contribution is 2.25. The normalized spacial score (nSPS) is 12.7. The lowest BCUT2D eigenvalue weighted by Crippen LogP contribution is -2.20. The molecule has 102 valence electrons. The monoisotopic (exact) mass is 267 g/mol. The molecule has 2 aromatic rings. The van der Waals surface area contributed by atoms with E-state index >= 15 is 0 Å². The third-order valence-electron chi connectivity index (χ3n) is 2.86. The summed E-state index contributed by atoms with van der Waals surface area (Å²) < 4.78 is 30.6. The Labute approximate surface area is 110 Å². The second kappa shape index (κ2) is 5.79. The molecule has 0 bridgehead atoms. The second-order valence-electron chi connectivity index (χ2n) is 4.05. The maximum absolute atomic E-state index is 12.2. The zero-order valence-electron chi connectivity index (χ0n) is 10.7. The van der Waals surface area contributed by atoms with Crippen LogP contribution >= 0.6 is 0 Å². The Balaban J connectivity index is 2.31. The molecule has 19 heavy (non-hydrogen) atoms. The molecule has 1 N–H and O–H groups in total. The molecule has 0 saturated heterocycles. The average Bonchev–Trinajstić information content (AvgIpc) is 2.77. The minimum atomic E-state index is -2.82. The van der Waals surface area contributed by atoms with Crippen molar-refractivity contribution in [3.05, 3.63) is 47.8 Å². The highest BCUT2D eigenvalue weighted by atomic mass is 19.3. The van der Waals surface area contributed by atoms with Crippen molar-refractivity contribution in [1.82, 2.24) is 15.1 Å². The van der Waals surface area contributed by atoms with E-state index in [9.17, 15) is 8.78 Å². The van der Waals surface area contributed by atoms with E-state index in [1.54, 1.807) is 30.1 Å². The van der Waals surface area contributed by atoms with Gasteiger partial charge in [-0.1, -0.05) is 12.1 Å². The highest BCUT2D eigenvalue weighted by Gasteiger charge is 2.16. The lowest BCUT2D eigenvalue weighted by Gasteiger charge is -2.18. The van der Waals surface area contributed by atoms with Gasteiger partial charge in [0.2, 0.25) is 0 Å². The van der Waals surface area contributed by atoms with Gasteiger partial charge >= 0.3 is 6.61 Å². The lowest BCUT2D eigenvalue weighted by molar-refractivity contribution is -0.0498. The van der Waals surface area contributed by atoms with Gasteiger partial charge in [0.1, 0.15) is 5.75 Å². The first kappa shape index (κ1) is 13.5. The molecule has 0 aliphatic carbocycles. The Kier molecular flexibility index (Phi) is 4.11. The van der Waals surface area contributed by atoms with E-state index in [4.69, 9.17) is 0 Å². The summed E-state index contributed by atoms with van der Waals surface area (Å²) in [4.78, 5) is 0. The van der Waals surface area contributed by atoms with Gasteiger partial charge in [0, 0.05) is 13.2 Å². The molecule has 0 aliphatic rings. The first-order valence-corrected chi connectivity index (χ1v) is 5.81. The molecule has 0 aliphatic heterocycles. The zero-order valence-corrected chi connectivity index (χ0v) is 10.7. The van der Waals surface area contributed by atoms with Gasteiger partial charge in [-0.2, -0.15) is 13.9 Å². The predicted octanol–water partition coefficient (Wildman–Crippen LogP) is 2.33. The number of alkyl halides is 2. The van der Waals surface area contributed by atoms with Crippen molar-refractivity contribution in [2.45, 2.75) is 12.7 Å². The SMILES string of the molecule is CNC(c1cccc(OC(F)F)c1)c1ccnn1C. The van der Waals surface area contributed by atoms with Crippen molar-refractivity contribution in [2.24, 2.45) is 7.05 Å². The molecule has 0 spiro atoms. The van der Waals surface area contributed by atoms with E-state index in [1.165, 1.54) is 6.07 Å². The van der Waals surface area contributed by atoms with Crippen LogP contribution in [0.1, 0.15) is 17.3 Å². The van der Waals surface area contributed by atoms with Gasteiger partial charge < -0.3 is 10.1 Å². The van der Waals surface area contributed by atoms with Crippen molar-refractivity contribution in [1.29, 1.82) is 0 Å². The molecule has 0 saturated carbocycles. The molecule has 2 rings (SSSR count). The van der Waals surface area contributed by atoms with Crippen molar-refractivity contribution < 1.29 is 13.5 Å². The number of rotatable bonds is 5.